The highest BCUT2D eigenvalue weighted by Gasteiger charge is 2.21. The Bertz CT molecular complexity index is 970. The molecule has 1 N–H and O–H groups in total. The first-order valence-electron chi connectivity index (χ1n) is 7.66. The molecule has 0 atom stereocenters. The van der Waals surface area contributed by atoms with Crippen molar-refractivity contribution < 1.29 is 31.8 Å². The molecule has 10 heteroatoms. The van der Waals surface area contributed by atoms with Crippen LogP contribution >= 0.6 is 11.3 Å². The Morgan fingerprint density at radius 3 is 2.52 bits per heavy atom. The number of fused-ring (bicyclic) bond motifs is 1. The Balaban J connectivity index is 1.83. The minimum Gasteiger partial charge on any atom is -0.494 e. The molecule has 142 valence electrons. The van der Waals surface area contributed by atoms with Crippen molar-refractivity contribution in [2.24, 2.45) is 0 Å². The zero-order valence-corrected chi connectivity index (χ0v) is 14.6. The van der Waals surface area contributed by atoms with Crippen LogP contribution in [0.2, 0.25) is 0 Å². The second kappa shape index (κ2) is 7.78. The van der Waals surface area contributed by atoms with Gasteiger partial charge in [-0.05, 0) is 25.1 Å². The lowest BCUT2D eigenvalue weighted by molar-refractivity contribution is -0.0501. The van der Waals surface area contributed by atoms with Crippen molar-refractivity contribution in [1.82, 2.24) is 4.98 Å². The number of hydrogen-bond acceptors (Lipinski definition) is 5. The van der Waals surface area contributed by atoms with Gasteiger partial charge in [-0.1, -0.05) is 11.3 Å². The highest BCUT2D eigenvalue weighted by molar-refractivity contribution is 7.22. The summed E-state index contributed by atoms with van der Waals surface area (Å²) in [6, 6.07) is 6.14. The maximum atomic E-state index is 14.0. The highest BCUT2D eigenvalue weighted by atomic mass is 32.1. The Labute approximate surface area is 154 Å². The van der Waals surface area contributed by atoms with Crippen LogP contribution in [0.15, 0.2) is 30.3 Å². The number of carbonyl (C=O) groups is 1. The van der Waals surface area contributed by atoms with E-state index >= 15 is 0 Å². The quantitative estimate of drug-likeness (QED) is 0.603. The van der Waals surface area contributed by atoms with Crippen molar-refractivity contribution >= 4 is 32.6 Å². The first-order valence-corrected chi connectivity index (χ1v) is 8.47. The highest BCUT2D eigenvalue weighted by Crippen LogP contribution is 2.30. The van der Waals surface area contributed by atoms with Crippen LogP contribution in [-0.4, -0.2) is 24.1 Å². The number of anilines is 1. The van der Waals surface area contributed by atoms with E-state index < -0.39 is 35.5 Å². The predicted molar refractivity (Wildman–Crippen MR) is 91.7 cm³/mol. The van der Waals surface area contributed by atoms with E-state index in [-0.39, 0.29) is 5.13 Å². The second-order valence-electron chi connectivity index (χ2n) is 5.18. The number of aromatic nitrogens is 1. The molecule has 0 radical (unpaired) electrons. The number of ether oxygens (including phenoxy) is 2. The van der Waals surface area contributed by atoms with Crippen LogP contribution in [0.5, 0.6) is 11.5 Å². The number of benzene rings is 2. The van der Waals surface area contributed by atoms with E-state index in [4.69, 9.17) is 4.74 Å². The zero-order valence-electron chi connectivity index (χ0n) is 13.8. The molecule has 5 nitrogen and oxygen atoms in total. The lowest BCUT2D eigenvalue weighted by Crippen LogP contribution is -2.16. The average Bonchev–Trinajstić information content (AvgIpc) is 2.95. The summed E-state index contributed by atoms with van der Waals surface area (Å²) in [5.41, 5.74) is -0.355. The van der Waals surface area contributed by atoms with Crippen molar-refractivity contribution in [3.05, 3.63) is 47.5 Å². The summed E-state index contributed by atoms with van der Waals surface area (Å²) in [6.45, 7) is -0.922. The summed E-state index contributed by atoms with van der Waals surface area (Å²) in [7, 11) is 0. The average molecular weight is 400 g/mol. The number of alkyl halides is 2. The molecule has 0 aliphatic heterocycles. The topological polar surface area (TPSA) is 60.5 Å². The molecule has 0 spiro atoms. The fourth-order valence-electron chi connectivity index (χ4n) is 2.31. The van der Waals surface area contributed by atoms with Crippen molar-refractivity contribution in [1.29, 1.82) is 0 Å². The van der Waals surface area contributed by atoms with E-state index in [0.29, 0.717) is 34.7 Å². The van der Waals surface area contributed by atoms with Gasteiger partial charge < -0.3 is 9.47 Å². The fraction of sp³-hybridized carbons (Fsp3) is 0.176. The maximum Gasteiger partial charge on any atom is 0.387 e. The van der Waals surface area contributed by atoms with Crippen molar-refractivity contribution in [2.75, 3.05) is 11.9 Å². The Morgan fingerprint density at radius 1 is 1.19 bits per heavy atom. The molecule has 27 heavy (non-hydrogen) atoms. The van der Waals surface area contributed by atoms with Crippen LogP contribution in [-0.2, 0) is 0 Å². The zero-order chi connectivity index (χ0) is 19.6. The normalized spacial score (nSPS) is 11.0. The summed E-state index contributed by atoms with van der Waals surface area (Å²) in [6.07, 6.45) is 0. The Hall–Kier alpha value is -2.88. The molecule has 1 heterocycles. The summed E-state index contributed by atoms with van der Waals surface area (Å²) < 4.78 is 62.3. The van der Waals surface area contributed by atoms with Gasteiger partial charge in [0.1, 0.15) is 28.7 Å². The third kappa shape index (κ3) is 4.27. The first kappa shape index (κ1) is 18.9. The maximum absolute atomic E-state index is 14.0. The number of amides is 1. The van der Waals surface area contributed by atoms with Crippen molar-refractivity contribution in [3.8, 4) is 11.5 Å². The lowest BCUT2D eigenvalue weighted by atomic mass is 10.1. The Morgan fingerprint density at radius 2 is 1.89 bits per heavy atom. The standard InChI is InChI=1S/C17H12F4N2O3S/c1-2-25-8-3-4-12-13(7-8)27-17(22-12)23-15(24)14-10(18)5-9(6-11(14)19)26-16(20)21/h3-7,16H,2H2,1H3,(H,22,23,24). The number of rotatable bonds is 6. The molecule has 0 bridgehead atoms. The number of thiazole rings is 1. The van der Waals surface area contributed by atoms with Crippen molar-refractivity contribution in [2.45, 2.75) is 13.5 Å². The van der Waals surface area contributed by atoms with Gasteiger partial charge in [0, 0.05) is 12.1 Å². The van der Waals surface area contributed by atoms with Crippen LogP contribution < -0.4 is 14.8 Å². The third-order valence-electron chi connectivity index (χ3n) is 3.36. The summed E-state index contributed by atoms with van der Waals surface area (Å²) in [4.78, 5) is 16.4. The number of nitrogens with zero attached hydrogens (tertiary/aromatic N) is 1. The van der Waals surface area contributed by atoms with Gasteiger partial charge in [-0.25, -0.2) is 13.8 Å². The minimum atomic E-state index is -3.24. The number of hydrogen-bond donors (Lipinski definition) is 1. The van der Waals surface area contributed by atoms with E-state index in [0.717, 1.165) is 11.3 Å². The molecule has 0 unspecified atom stereocenters. The monoisotopic (exact) mass is 400 g/mol. The van der Waals surface area contributed by atoms with Gasteiger partial charge in [0.25, 0.3) is 5.91 Å². The van der Waals surface area contributed by atoms with E-state index in [1.807, 2.05) is 6.92 Å². The van der Waals surface area contributed by atoms with Gasteiger partial charge in [0.15, 0.2) is 5.13 Å². The minimum absolute atomic E-state index is 0.121. The van der Waals surface area contributed by atoms with Gasteiger partial charge in [-0.2, -0.15) is 8.78 Å². The molecule has 3 rings (SSSR count). The van der Waals surface area contributed by atoms with E-state index in [1.165, 1.54) is 0 Å². The predicted octanol–water partition coefficient (Wildman–Crippen LogP) is 4.83. The molecule has 0 saturated heterocycles. The smallest absolute Gasteiger partial charge is 0.387 e. The SMILES string of the molecule is CCOc1ccc2nc(NC(=O)c3c(F)cc(OC(F)F)cc3F)sc2c1. The fourth-order valence-corrected chi connectivity index (χ4v) is 3.20. The van der Waals surface area contributed by atoms with Crippen LogP contribution in [0.3, 0.4) is 0 Å². The summed E-state index contributed by atoms with van der Waals surface area (Å²) >= 11 is 1.09. The van der Waals surface area contributed by atoms with E-state index in [1.54, 1.807) is 18.2 Å². The Kier molecular flexibility index (Phi) is 5.45. The van der Waals surface area contributed by atoms with Crippen molar-refractivity contribution in [3.63, 3.8) is 0 Å². The molecule has 0 fully saturated rings. The molecule has 3 aromatic rings. The van der Waals surface area contributed by atoms with Crippen LogP contribution in [0.25, 0.3) is 10.2 Å². The van der Waals surface area contributed by atoms with Gasteiger partial charge >= 0.3 is 6.61 Å². The van der Waals surface area contributed by atoms with Gasteiger partial charge in [0.2, 0.25) is 0 Å². The first-order chi connectivity index (χ1) is 12.9. The van der Waals surface area contributed by atoms with Crippen LogP contribution in [0.4, 0.5) is 22.7 Å². The lowest BCUT2D eigenvalue weighted by Gasteiger charge is -2.08. The third-order valence-corrected chi connectivity index (χ3v) is 4.29. The summed E-state index contributed by atoms with van der Waals surface area (Å²) in [5, 5.41) is 2.42. The van der Waals surface area contributed by atoms with Gasteiger partial charge in [0.05, 0.1) is 16.8 Å². The van der Waals surface area contributed by atoms with Gasteiger partial charge in [-0.15, -0.1) is 0 Å². The summed E-state index contributed by atoms with van der Waals surface area (Å²) in [5.74, 6) is -3.86. The second-order valence-corrected chi connectivity index (χ2v) is 6.21. The molecular formula is C17H12F4N2O3S. The molecule has 1 aromatic heterocycles. The number of nitrogens with one attached hydrogen (secondary N) is 1. The molecular weight excluding hydrogens is 388 g/mol. The number of carbonyl (C=O) groups excluding carboxylic acids is 1. The molecule has 1 amide bonds. The van der Waals surface area contributed by atoms with E-state index in [9.17, 15) is 22.4 Å². The van der Waals surface area contributed by atoms with Crippen LogP contribution in [0, 0.1) is 11.6 Å². The van der Waals surface area contributed by atoms with Crippen LogP contribution in [0.1, 0.15) is 17.3 Å². The molecule has 2 aromatic carbocycles. The molecule has 0 aliphatic carbocycles. The molecule has 0 saturated carbocycles. The van der Waals surface area contributed by atoms with Gasteiger partial charge in [-0.3, -0.25) is 10.1 Å². The molecule has 0 aliphatic rings. The van der Waals surface area contributed by atoms with E-state index in [2.05, 4.69) is 15.0 Å². The number of halogens is 4. The largest absolute Gasteiger partial charge is 0.494 e.